The molecule has 2 unspecified atom stereocenters. The highest BCUT2D eigenvalue weighted by Gasteiger charge is 2.25. The number of hydrogen-bond donors (Lipinski definition) is 3. The first-order valence-electron chi connectivity index (χ1n) is 5.89. The van der Waals surface area contributed by atoms with E-state index in [0.29, 0.717) is 5.92 Å². The van der Waals surface area contributed by atoms with Gasteiger partial charge in [0.2, 0.25) is 11.8 Å². The smallest absolute Gasteiger partial charge is 0.239 e. The van der Waals surface area contributed by atoms with Crippen molar-refractivity contribution in [1.82, 2.24) is 16.0 Å². The van der Waals surface area contributed by atoms with Crippen LogP contribution in [-0.2, 0) is 9.59 Å². The molecule has 1 saturated heterocycles. The van der Waals surface area contributed by atoms with E-state index in [-0.39, 0.29) is 24.4 Å². The van der Waals surface area contributed by atoms with Crippen molar-refractivity contribution in [2.75, 3.05) is 20.1 Å². The molecule has 0 aromatic heterocycles. The monoisotopic (exact) mass is 227 g/mol. The summed E-state index contributed by atoms with van der Waals surface area (Å²) in [7, 11) is 1.56. The maximum atomic E-state index is 11.7. The second-order valence-electron chi connectivity index (χ2n) is 4.20. The molecule has 0 aromatic carbocycles. The van der Waals surface area contributed by atoms with Gasteiger partial charge in [-0.05, 0) is 25.3 Å². The lowest BCUT2D eigenvalue weighted by Gasteiger charge is -2.28. The molecule has 0 spiro atoms. The van der Waals surface area contributed by atoms with Gasteiger partial charge in [-0.15, -0.1) is 0 Å². The summed E-state index contributed by atoms with van der Waals surface area (Å²) in [6, 6.07) is -0.136. The second kappa shape index (κ2) is 6.48. The molecule has 16 heavy (non-hydrogen) atoms. The van der Waals surface area contributed by atoms with E-state index in [1.54, 1.807) is 7.05 Å². The molecule has 1 aliphatic rings. The summed E-state index contributed by atoms with van der Waals surface area (Å²) >= 11 is 0. The molecule has 0 saturated carbocycles. The Kier molecular flexibility index (Phi) is 5.25. The van der Waals surface area contributed by atoms with E-state index < -0.39 is 0 Å². The van der Waals surface area contributed by atoms with Crippen molar-refractivity contribution in [1.29, 1.82) is 0 Å². The van der Waals surface area contributed by atoms with E-state index >= 15 is 0 Å². The minimum atomic E-state index is -0.170. The third-order valence-corrected chi connectivity index (χ3v) is 3.11. The molecule has 0 aromatic rings. The fraction of sp³-hybridized carbons (Fsp3) is 0.818. The Labute approximate surface area is 96.4 Å². The molecule has 3 N–H and O–H groups in total. The van der Waals surface area contributed by atoms with Crippen LogP contribution in [0.15, 0.2) is 0 Å². The number of carbonyl (C=O) groups is 2. The number of carbonyl (C=O) groups excluding carboxylic acids is 2. The van der Waals surface area contributed by atoms with Gasteiger partial charge in [-0.1, -0.05) is 13.3 Å². The first kappa shape index (κ1) is 13.0. The number of piperidine rings is 1. The highest BCUT2D eigenvalue weighted by molar-refractivity contribution is 5.87. The molecule has 0 radical (unpaired) electrons. The van der Waals surface area contributed by atoms with Gasteiger partial charge in [0, 0.05) is 7.05 Å². The summed E-state index contributed by atoms with van der Waals surface area (Å²) in [5, 5.41) is 8.28. The van der Waals surface area contributed by atoms with Gasteiger partial charge in [0.25, 0.3) is 0 Å². The van der Waals surface area contributed by atoms with Crippen LogP contribution >= 0.6 is 0 Å². The first-order valence-corrected chi connectivity index (χ1v) is 5.89. The molecule has 0 aliphatic carbocycles. The number of nitrogens with one attached hydrogen (secondary N) is 3. The fourth-order valence-electron chi connectivity index (χ4n) is 1.95. The fourth-order valence-corrected chi connectivity index (χ4v) is 1.95. The lowest BCUT2D eigenvalue weighted by Crippen LogP contribution is -2.50. The number of hydrogen-bond acceptors (Lipinski definition) is 3. The summed E-state index contributed by atoms with van der Waals surface area (Å²) in [6.07, 6.45) is 3.12. The predicted octanol–water partition coefficient (Wildman–Crippen LogP) is -0.373. The topological polar surface area (TPSA) is 70.2 Å². The largest absolute Gasteiger partial charge is 0.358 e. The lowest BCUT2D eigenvalue weighted by molar-refractivity contribution is -0.127. The van der Waals surface area contributed by atoms with Crippen LogP contribution in [0.5, 0.6) is 0 Å². The van der Waals surface area contributed by atoms with Crippen LogP contribution in [-0.4, -0.2) is 38.0 Å². The Balaban J connectivity index is 2.32. The molecule has 1 aliphatic heterocycles. The average molecular weight is 227 g/mol. The van der Waals surface area contributed by atoms with E-state index in [1.165, 1.54) is 0 Å². The van der Waals surface area contributed by atoms with Gasteiger partial charge < -0.3 is 16.0 Å². The molecule has 92 valence electrons. The van der Waals surface area contributed by atoms with Crippen molar-refractivity contribution >= 4 is 11.8 Å². The lowest BCUT2D eigenvalue weighted by atomic mass is 9.90. The van der Waals surface area contributed by atoms with Crippen molar-refractivity contribution in [2.24, 2.45) is 5.92 Å². The summed E-state index contributed by atoms with van der Waals surface area (Å²) in [6.45, 7) is 3.09. The van der Waals surface area contributed by atoms with E-state index in [0.717, 1.165) is 25.8 Å². The van der Waals surface area contributed by atoms with Crippen molar-refractivity contribution in [3.05, 3.63) is 0 Å². The maximum Gasteiger partial charge on any atom is 0.239 e. The SMILES string of the molecule is CCC1CCNC(C(=O)NCC(=O)NC)C1. The third-order valence-electron chi connectivity index (χ3n) is 3.11. The maximum absolute atomic E-state index is 11.7. The van der Waals surface area contributed by atoms with Crippen molar-refractivity contribution in [3.63, 3.8) is 0 Å². The summed E-state index contributed by atoms with van der Waals surface area (Å²) < 4.78 is 0. The quantitative estimate of drug-likeness (QED) is 0.613. The first-order chi connectivity index (χ1) is 7.67. The van der Waals surface area contributed by atoms with Gasteiger partial charge in [0.15, 0.2) is 0 Å². The molecule has 1 rings (SSSR count). The van der Waals surface area contributed by atoms with Gasteiger partial charge in [-0.25, -0.2) is 0 Å². The van der Waals surface area contributed by atoms with Crippen LogP contribution in [0, 0.1) is 5.92 Å². The standard InChI is InChI=1S/C11H21N3O2/c1-3-8-4-5-13-9(6-8)11(16)14-7-10(15)12-2/h8-9,13H,3-7H2,1-2H3,(H,12,15)(H,14,16). The van der Waals surface area contributed by atoms with Gasteiger partial charge in [0.05, 0.1) is 12.6 Å². The van der Waals surface area contributed by atoms with E-state index in [1.807, 2.05) is 0 Å². The summed E-state index contributed by atoms with van der Waals surface area (Å²) in [5.41, 5.74) is 0. The molecule has 1 fully saturated rings. The molecule has 5 nitrogen and oxygen atoms in total. The Hall–Kier alpha value is -1.10. The zero-order valence-electron chi connectivity index (χ0n) is 10.0. The zero-order chi connectivity index (χ0) is 12.0. The van der Waals surface area contributed by atoms with Gasteiger partial charge >= 0.3 is 0 Å². The van der Waals surface area contributed by atoms with Crippen LogP contribution < -0.4 is 16.0 Å². The number of amides is 2. The molecular formula is C11H21N3O2. The highest BCUT2D eigenvalue weighted by atomic mass is 16.2. The summed E-state index contributed by atoms with van der Waals surface area (Å²) in [5.74, 6) is 0.384. The Morgan fingerprint density at radius 1 is 1.44 bits per heavy atom. The van der Waals surface area contributed by atoms with Crippen LogP contribution in [0.1, 0.15) is 26.2 Å². The third kappa shape index (κ3) is 3.81. The van der Waals surface area contributed by atoms with Crippen molar-refractivity contribution in [3.8, 4) is 0 Å². The minimum Gasteiger partial charge on any atom is -0.358 e. The molecule has 1 heterocycles. The van der Waals surface area contributed by atoms with Crippen molar-refractivity contribution in [2.45, 2.75) is 32.2 Å². The van der Waals surface area contributed by atoms with Gasteiger partial charge in [0.1, 0.15) is 0 Å². The van der Waals surface area contributed by atoms with E-state index in [2.05, 4.69) is 22.9 Å². The van der Waals surface area contributed by atoms with E-state index in [4.69, 9.17) is 0 Å². The normalized spacial score (nSPS) is 24.9. The molecular weight excluding hydrogens is 206 g/mol. The number of rotatable bonds is 4. The van der Waals surface area contributed by atoms with Crippen LogP contribution in [0.2, 0.25) is 0 Å². The Morgan fingerprint density at radius 3 is 2.81 bits per heavy atom. The molecule has 2 amide bonds. The van der Waals surface area contributed by atoms with Gasteiger partial charge in [-0.2, -0.15) is 0 Å². The molecule has 5 heteroatoms. The minimum absolute atomic E-state index is 0.0598. The Bertz CT molecular complexity index is 256. The molecule has 2 atom stereocenters. The van der Waals surface area contributed by atoms with Crippen LogP contribution in [0.4, 0.5) is 0 Å². The summed E-state index contributed by atoms with van der Waals surface area (Å²) in [4.78, 5) is 22.7. The predicted molar refractivity (Wildman–Crippen MR) is 61.9 cm³/mol. The van der Waals surface area contributed by atoms with Crippen molar-refractivity contribution < 1.29 is 9.59 Å². The number of likely N-dealkylation sites (N-methyl/N-ethyl adjacent to an activating group) is 1. The van der Waals surface area contributed by atoms with Crippen LogP contribution in [0.25, 0.3) is 0 Å². The van der Waals surface area contributed by atoms with E-state index in [9.17, 15) is 9.59 Å². The second-order valence-corrected chi connectivity index (χ2v) is 4.20. The Morgan fingerprint density at radius 2 is 2.19 bits per heavy atom. The molecule has 0 bridgehead atoms. The highest BCUT2D eigenvalue weighted by Crippen LogP contribution is 2.19. The zero-order valence-corrected chi connectivity index (χ0v) is 10.0. The average Bonchev–Trinajstić information content (AvgIpc) is 2.35. The van der Waals surface area contributed by atoms with Crippen LogP contribution in [0.3, 0.4) is 0 Å². The van der Waals surface area contributed by atoms with Gasteiger partial charge in [-0.3, -0.25) is 9.59 Å².